The topological polar surface area (TPSA) is 80.9 Å². The van der Waals surface area contributed by atoms with Gasteiger partial charge in [0.25, 0.3) is 0 Å². The van der Waals surface area contributed by atoms with Gasteiger partial charge in [-0.2, -0.15) is 0 Å². The summed E-state index contributed by atoms with van der Waals surface area (Å²) >= 11 is 3.17. The third kappa shape index (κ3) is 4.09. The number of thiazole rings is 2. The standard InChI is InChI=1S/C13H18N4OS2/c1-8-9(2)20-13(16-8)6-15-11(18)5-10-7-19-12(17-10)3-4-14/h7H,3-6,14H2,1-2H3,(H,15,18). The summed E-state index contributed by atoms with van der Waals surface area (Å²) in [6, 6.07) is 0. The van der Waals surface area contributed by atoms with Gasteiger partial charge in [-0.1, -0.05) is 0 Å². The minimum absolute atomic E-state index is 0.0277. The van der Waals surface area contributed by atoms with Crippen molar-refractivity contribution in [2.45, 2.75) is 33.2 Å². The fourth-order valence-corrected chi connectivity index (χ4v) is 3.37. The highest BCUT2D eigenvalue weighted by molar-refractivity contribution is 7.11. The number of aromatic nitrogens is 2. The number of amides is 1. The first-order chi connectivity index (χ1) is 9.58. The van der Waals surface area contributed by atoms with Crippen LogP contribution in [0, 0.1) is 13.8 Å². The van der Waals surface area contributed by atoms with E-state index in [4.69, 9.17) is 5.73 Å². The molecule has 0 aliphatic rings. The van der Waals surface area contributed by atoms with Crippen molar-refractivity contribution in [3.05, 3.63) is 31.7 Å². The Bertz CT molecular complexity index is 571. The molecule has 0 spiro atoms. The number of rotatable bonds is 6. The van der Waals surface area contributed by atoms with Gasteiger partial charge in [-0.05, 0) is 20.4 Å². The Balaban J connectivity index is 1.82. The van der Waals surface area contributed by atoms with Gasteiger partial charge in [-0.15, -0.1) is 22.7 Å². The zero-order valence-electron chi connectivity index (χ0n) is 11.6. The second-order valence-corrected chi connectivity index (χ2v) is 6.70. The second kappa shape index (κ2) is 6.92. The number of hydrogen-bond donors (Lipinski definition) is 2. The lowest BCUT2D eigenvalue weighted by molar-refractivity contribution is -0.120. The molecule has 2 aromatic heterocycles. The van der Waals surface area contributed by atoms with Gasteiger partial charge in [0.2, 0.25) is 5.91 Å². The van der Waals surface area contributed by atoms with Gasteiger partial charge in [0.15, 0.2) is 0 Å². The number of hydrogen-bond acceptors (Lipinski definition) is 6. The Morgan fingerprint density at radius 2 is 2.15 bits per heavy atom. The van der Waals surface area contributed by atoms with Crippen molar-refractivity contribution in [1.29, 1.82) is 0 Å². The Kier molecular flexibility index (Phi) is 5.22. The molecular weight excluding hydrogens is 292 g/mol. The Hall–Kier alpha value is -1.31. The van der Waals surface area contributed by atoms with Crippen molar-refractivity contribution < 1.29 is 4.79 Å². The summed E-state index contributed by atoms with van der Waals surface area (Å²) in [5.74, 6) is -0.0277. The molecule has 0 aliphatic carbocycles. The molecule has 0 atom stereocenters. The lowest BCUT2D eigenvalue weighted by Gasteiger charge is -2.01. The Morgan fingerprint density at radius 1 is 1.35 bits per heavy atom. The SMILES string of the molecule is Cc1nc(CNC(=O)Cc2csc(CCN)n2)sc1C. The van der Waals surface area contributed by atoms with Crippen LogP contribution in [0.4, 0.5) is 0 Å². The summed E-state index contributed by atoms with van der Waals surface area (Å²) < 4.78 is 0. The van der Waals surface area contributed by atoms with Gasteiger partial charge in [0.1, 0.15) is 5.01 Å². The number of carbonyl (C=O) groups is 1. The molecule has 0 saturated heterocycles. The molecule has 7 heteroatoms. The molecule has 1 amide bonds. The van der Waals surface area contributed by atoms with E-state index in [9.17, 15) is 4.79 Å². The molecule has 0 bridgehead atoms. The van der Waals surface area contributed by atoms with E-state index in [0.29, 0.717) is 19.5 Å². The number of nitrogens with zero attached hydrogens (tertiary/aromatic N) is 2. The fraction of sp³-hybridized carbons (Fsp3) is 0.462. The highest BCUT2D eigenvalue weighted by Gasteiger charge is 2.09. The zero-order chi connectivity index (χ0) is 14.5. The summed E-state index contributed by atoms with van der Waals surface area (Å²) in [5, 5.41) is 6.72. The fourth-order valence-electron chi connectivity index (χ4n) is 1.68. The van der Waals surface area contributed by atoms with Crippen LogP contribution in [-0.4, -0.2) is 22.4 Å². The zero-order valence-corrected chi connectivity index (χ0v) is 13.2. The van der Waals surface area contributed by atoms with Crippen molar-refractivity contribution >= 4 is 28.6 Å². The van der Waals surface area contributed by atoms with E-state index in [1.807, 2.05) is 19.2 Å². The van der Waals surface area contributed by atoms with E-state index in [1.54, 1.807) is 22.7 Å². The third-order valence-electron chi connectivity index (χ3n) is 2.81. The van der Waals surface area contributed by atoms with E-state index < -0.39 is 0 Å². The molecule has 0 fully saturated rings. The van der Waals surface area contributed by atoms with E-state index in [1.165, 1.54) is 4.88 Å². The molecule has 0 aliphatic heterocycles. The van der Waals surface area contributed by atoms with Crippen LogP contribution in [0.1, 0.15) is 26.3 Å². The monoisotopic (exact) mass is 310 g/mol. The molecular formula is C13H18N4OS2. The van der Waals surface area contributed by atoms with Crippen molar-refractivity contribution in [3.8, 4) is 0 Å². The van der Waals surface area contributed by atoms with Gasteiger partial charge in [0, 0.05) is 16.7 Å². The summed E-state index contributed by atoms with van der Waals surface area (Å²) in [4.78, 5) is 21.8. The van der Waals surface area contributed by atoms with Crippen LogP contribution < -0.4 is 11.1 Å². The molecule has 0 unspecified atom stereocenters. The normalized spacial score (nSPS) is 10.8. The summed E-state index contributed by atoms with van der Waals surface area (Å²) in [7, 11) is 0. The van der Waals surface area contributed by atoms with Crippen molar-refractivity contribution in [1.82, 2.24) is 15.3 Å². The first kappa shape index (κ1) is 15.1. The average molecular weight is 310 g/mol. The van der Waals surface area contributed by atoms with E-state index in [2.05, 4.69) is 15.3 Å². The van der Waals surface area contributed by atoms with Crippen LogP contribution in [-0.2, 0) is 24.2 Å². The van der Waals surface area contributed by atoms with Gasteiger partial charge in [-0.3, -0.25) is 4.79 Å². The van der Waals surface area contributed by atoms with Gasteiger partial charge < -0.3 is 11.1 Å². The largest absolute Gasteiger partial charge is 0.349 e. The maximum atomic E-state index is 11.9. The molecule has 20 heavy (non-hydrogen) atoms. The molecule has 0 radical (unpaired) electrons. The van der Waals surface area contributed by atoms with Crippen LogP contribution >= 0.6 is 22.7 Å². The summed E-state index contributed by atoms with van der Waals surface area (Å²) in [6.07, 6.45) is 1.08. The first-order valence-electron chi connectivity index (χ1n) is 6.41. The van der Waals surface area contributed by atoms with Gasteiger partial charge >= 0.3 is 0 Å². The van der Waals surface area contributed by atoms with Crippen LogP contribution in [0.5, 0.6) is 0 Å². The highest BCUT2D eigenvalue weighted by Crippen LogP contribution is 2.16. The molecule has 5 nitrogen and oxygen atoms in total. The molecule has 3 N–H and O–H groups in total. The Labute approximate surface area is 126 Å². The number of carbonyl (C=O) groups excluding carboxylic acids is 1. The molecule has 2 rings (SSSR count). The Morgan fingerprint density at radius 3 is 2.80 bits per heavy atom. The van der Waals surface area contributed by atoms with Gasteiger partial charge in [0.05, 0.1) is 29.4 Å². The maximum Gasteiger partial charge on any atom is 0.226 e. The number of nitrogens with one attached hydrogen (secondary N) is 1. The molecule has 2 heterocycles. The average Bonchev–Trinajstić information content (AvgIpc) is 2.96. The maximum absolute atomic E-state index is 11.9. The first-order valence-corrected chi connectivity index (χ1v) is 8.11. The number of aryl methyl sites for hydroxylation is 2. The highest BCUT2D eigenvalue weighted by atomic mass is 32.1. The van der Waals surface area contributed by atoms with Crippen molar-refractivity contribution in [3.63, 3.8) is 0 Å². The van der Waals surface area contributed by atoms with Crippen molar-refractivity contribution in [2.24, 2.45) is 5.73 Å². The smallest absolute Gasteiger partial charge is 0.226 e. The van der Waals surface area contributed by atoms with E-state index >= 15 is 0 Å². The lowest BCUT2D eigenvalue weighted by Crippen LogP contribution is -2.24. The molecule has 0 aromatic carbocycles. The van der Waals surface area contributed by atoms with Crippen LogP contribution in [0.2, 0.25) is 0 Å². The molecule has 2 aromatic rings. The van der Waals surface area contributed by atoms with E-state index in [-0.39, 0.29) is 5.91 Å². The minimum atomic E-state index is -0.0277. The second-order valence-electron chi connectivity index (χ2n) is 4.47. The summed E-state index contributed by atoms with van der Waals surface area (Å²) in [6.45, 7) is 5.08. The minimum Gasteiger partial charge on any atom is -0.349 e. The van der Waals surface area contributed by atoms with Gasteiger partial charge in [-0.25, -0.2) is 9.97 Å². The number of nitrogens with two attached hydrogens (primary N) is 1. The molecule has 108 valence electrons. The van der Waals surface area contributed by atoms with Crippen LogP contribution in [0.3, 0.4) is 0 Å². The van der Waals surface area contributed by atoms with Crippen molar-refractivity contribution in [2.75, 3.05) is 6.54 Å². The third-order valence-corrected chi connectivity index (χ3v) is 4.84. The van der Waals surface area contributed by atoms with Crippen LogP contribution in [0.25, 0.3) is 0 Å². The molecule has 0 saturated carbocycles. The predicted molar refractivity (Wildman–Crippen MR) is 82.0 cm³/mol. The van der Waals surface area contributed by atoms with Crippen LogP contribution in [0.15, 0.2) is 5.38 Å². The van der Waals surface area contributed by atoms with E-state index in [0.717, 1.165) is 27.8 Å². The summed E-state index contributed by atoms with van der Waals surface area (Å²) in [5.41, 5.74) is 7.32. The quantitative estimate of drug-likeness (QED) is 0.849. The lowest BCUT2D eigenvalue weighted by atomic mass is 10.3. The predicted octanol–water partition coefficient (Wildman–Crippen LogP) is 1.58.